The molecule has 20 heavy (non-hydrogen) atoms. The second kappa shape index (κ2) is 5.04. The van der Waals surface area contributed by atoms with Gasteiger partial charge in [-0.3, -0.25) is 0 Å². The van der Waals surface area contributed by atoms with Gasteiger partial charge in [0.05, 0.1) is 16.3 Å². The van der Waals surface area contributed by atoms with Crippen LogP contribution in [0.4, 0.5) is 5.69 Å². The van der Waals surface area contributed by atoms with Crippen LogP contribution in [0.25, 0.3) is 0 Å². The van der Waals surface area contributed by atoms with Crippen LogP contribution in [0.5, 0.6) is 0 Å². The summed E-state index contributed by atoms with van der Waals surface area (Å²) in [6, 6.07) is 6.26. The summed E-state index contributed by atoms with van der Waals surface area (Å²) in [4.78, 5) is 2.90. The Morgan fingerprint density at radius 3 is 2.95 bits per heavy atom. The number of sulfone groups is 1. The molecule has 5 heteroatoms. The molecule has 0 aromatic heterocycles. The summed E-state index contributed by atoms with van der Waals surface area (Å²) in [5.74, 6) is 0.724. The van der Waals surface area contributed by atoms with Crippen molar-refractivity contribution in [3.63, 3.8) is 0 Å². The van der Waals surface area contributed by atoms with Crippen molar-refractivity contribution >= 4 is 15.5 Å². The summed E-state index contributed by atoms with van der Waals surface area (Å²) in [7, 11) is -3.06. The van der Waals surface area contributed by atoms with Gasteiger partial charge in [0, 0.05) is 26.5 Å². The maximum Gasteiger partial charge on any atom is 0.182 e. The lowest BCUT2D eigenvalue weighted by atomic mass is 9.90. The Morgan fingerprint density at radius 1 is 1.35 bits per heavy atom. The summed E-state index contributed by atoms with van der Waals surface area (Å²) in [6.45, 7) is 6.67. The van der Waals surface area contributed by atoms with Crippen molar-refractivity contribution < 1.29 is 9.84 Å². The zero-order valence-corrected chi connectivity index (χ0v) is 12.9. The van der Waals surface area contributed by atoms with Crippen LogP contribution in [-0.2, 0) is 9.84 Å². The number of fused-ring (bicyclic) bond motifs is 3. The average molecular weight is 296 g/mol. The first kappa shape index (κ1) is 13.9. The second-order valence-corrected chi connectivity index (χ2v) is 7.45. The van der Waals surface area contributed by atoms with Gasteiger partial charge >= 0.3 is 0 Å². The van der Waals surface area contributed by atoms with Crippen molar-refractivity contribution in [2.45, 2.75) is 37.1 Å². The maximum atomic E-state index is 12.2. The third kappa shape index (κ3) is 1.87. The van der Waals surface area contributed by atoms with Gasteiger partial charge in [-0.05, 0) is 24.6 Å². The second-order valence-electron chi connectivity index (χ2n) is 5.37. The molecule has 0 aliphatic carbocycles. The molecule has 1 N–H and O–H groups in total. The van der Waals surface area contributed by atoms with Crippen molar-refractivity contribution in [1.29, 1.82) is 0 Å². The highest BCUT2D eigenvalue weighted by molar-refractivity contribution is 7.91. The predicted octanol–water partition coefficient (Wildman–Crippen LogP) is 2.01. The highest BCUT2D eigenvalue weighted by Gasteiger charge is 2.44. The van der Waals surface area contributed by atoms with Crippen molar-refractivity contribution in [1.82, 2.24) is 5.32 Å². The topological polar surface area (TPSA) is 49.4 Å². The Balaban J connectivity index is 0.000000517. The molecule has 1 fully saturated rings. The molecule has 0 bridgehead atoms. The van der Waals surface area contributed by atoms with E-state index in [2.05, 4.69) is 16.3 Å². The van der Waals surface area contributed by atoms with Gasteiger partial charge < -0.3 is 10.2 Å². The van der Waals surface area contributed by atoms with E-state index in [1.165, 1.54) is 5.56 Å². The molecule has 112 valence electrons. The molecule has 3 aliphatic heterocycles. The summed E-state index contributed by atoms with van der Waals surface area (Å²) in [5.41, 5.74) is 2.23. The number of benzene rings is 1. The molecule has 1 aromatic rings. The van der Waals surface area contributed by atoms with Crippen molar-refractivity contribution in [3.8, 4) is 0 Å². The highest BCUT2D eigenvalue weighted by Crippen LogP contribution is 2.48. The molecule has 0 radical (unpaired) electrons. The first-order valence-corrected chi connectivity index (χ1v) is 9.17. The Labute approximate surface area is 122 Å². The number of hydrogen-bond donors (Lipinski definition) is 1. The number of anilines is 1. The van der Waals surface area contributed by atoms with E-state index in [-0.39, 0.29) is 7.18 Å². The third-order valence-electron chi connectivity index (χ3n) is 4.50. The fourth-order valence-corrected chi connectivity index (χ4v) is 5.18. The van der Waals surface area contributed by atoms with Gasteiger partial charge in [0.25, 0.3) is 0 Å². The Hall–Kier alpha value is -1.07. The lowest BCUT2D eigenvalue weighted by Gasteiger charge is -2.36. The molecule has 3 aliphatic rings. The predicted molar refractivity (Wildman–Crippen MR) is 83.3 cm³/mol. The number of hydrogen-bond acceptors (Lipinski definition) is 4. The summed E-state index contributed by atoms with van der Waals surface area (Å²) < 4.78 is 24.3. The fraction of sp³-hybridized carbons (Fsp3) is 0.600. The average Bonchev–Trinajstić information content (AvgIpc) is 2.81. The molecular formula is C15H24N2O2S. The van der Waals surface area contributed by atoms with E-state index in [1.807, 2.05) is 19.9 Å². The van der Waals surface area contributed by atoms with Crippen LogP contribution in [0, 0.1) is 0 Å². The molecule has 1 saturated heterocycles. The van der Waals surface area contributed by atoms with Gasteiger partial charge in [-0.1, -0.05) is 26.0 Å². The Morgan fingerprint density at radius 2 is 2.15 bits per heavy atom. The number of nitrogens with zero attached hydrogens (tertiary/aromatic N) is 1. The minimum atomic E-state index is -3.06. The molecule has 1 aromatic carbocycles. The number of piperidine rings is 1. The first-order chi connectivity index (χ1) is 9.68. The quantitative estimate of drug-likeness (QED) is 0.795. The van der Waals surface area contributed by atoms with E-state index >= 15 is 0 Å². The van der Waals surface area contributed by atoms with E-state index in [0.717, 1.165) is 25.2 Å². The zero-order valence-electron chi connectivity index (χ0n) is 12.1. The summed E-state index contributed by atoms with van der Waals surface area (Å²) in [5, 5.41) is 3.43. The van der Waals surface area contributed by atoms with Gasteiger partial charge in [0.15, 0.2) is 9.84 Å². The number of rotatable bonds is 0. The minimum absolute atomic E-state index is 0. The van der Waals surface area contributed by atoms with Crippen LogP contribution in [0.1, 0.15) is 33.2 Å². The van der Waals surface area contributed by atoms with Gasteiger partial charge in [0.2, 0.25) is 0 Å². The smallest absolute Gasteiger partial charge is 0.182 e. The van der Waals surface area contributed by atoms with Crippen LogP contribution in [0.15, 0.2) is 23.1 Å². The molecule has 4 nitrogen and oxygen atoms in total. The van der Waals surface area contributed by atoms with Crippen molar-refractivity contribution in [2.75, 3.05) is 30.3 Å². The fourth-order valence-electron chi connectivity index (χ4n) is 3.70. The van der Waals surface area contributed by atoms with Crippen molar-refractivity contribution in [2.24, 2.45) is 0 Å². The monoisotopic (exact) mass is 296 g/mol. The van der Waals surface area contributed by atoms with Crippen LogP contribution >= 0.6 is 0 Å². The van der Waals surface area contributed by atoms with Crippen LogP contribution in [0.3, 0.4) is 0 Å². The molecule has 0 spiro atoms. The first-order valence-electron chi connectivity index (χ1n) is 7.51. The van der Waals surface area contributed by atoms with E-state index in [9.17, 15) is 8.42 Å². The molecular weight excluding hydrogens is 272 g/mol. The molecule has 4 rings (SSSR count). The standard InChI is InChI=1S/C13H16N2O2S.C2H6.H2/c16-18(17)7-6-15-11-4-5-14-8-10(11)9-2-1-3-12(18)13(9)15;1-2;/h1-3,10-11,14H,4-8H2;1-2H3;1H/t10-,11?;;/m1../s1. The Kier molecular flexibility index (Phi) is 3.50. The minimum Gasteiger partial charge on any atom is -0.366 e. The van der Waals surface area contributed by atoms with E-state index in [0.29, 0.717) is 23.4 Å². The van der Waals surface area contributed by atoms with E-state index in [1.54, 1.807) is 6.07 Å². The van der Waals surface area contributed by atoms with Gasteiger partial charge in [-0.2, -0.15) is 0 Å². The number of nitrogens with one attached hydrogen (secondary N) is 1. The van der Waals surface area contributed by atoms with Gasteiger partial charge in [-0.25, -0.2) is 8.42 Å². The third-order valence-corrected chi connectivity index (χ3v) is 6.22. The van der Waals surface area contributed by atoms with Gasteiger partial charge in [0.1, 0.15) is 0 Å². The molecule has 1 unspecified atom stereocenters. The van der Waals surface area contributed by atoms with Crippen LogP contribution in [-0.4, -0.2) is 39.8 Å². The lowest BCUT2D eigenvalue weighted by Crippen LogP contribution is -2.46. The molecule has 3 heterocycles. The SMILES string of the molecule is CC.O=S1(=O)CCN2c3c(cccc31)[C@H]1CNCCC12.[HH]. The molecule has 0 saturated carbocycles. The maximum absolute atomic E-state index is 12.2. The normalized spacial score (nSPS) is 29.0. The zero-order chi connectivity index (χ0) is 14.3. The van der Waals surface area contributed by atoms with Crippen molar-refractivity contribution in [3.05, 3.63) is 23.8 Å². The largest absolute Gasteiger partial charge is 0.366 e. The summed E-state index contributed by atoms with van der Waals surface area (Å²) >= 11 is 0. The van der Waals surface area contributed by atoms with Crippen LogP contribution < -0.4 is 10.2 Å². The molecule has 0 amide bonds. The van der Waals surface area contributed by atoms with E-state index < -0.39 is 9.84 Å². The Bertz CT molecular complexity index is 618. The summed E-state index contributed by atoms with van der Waals surface area (Å²) in [6.07, 6.45) is 1.11. The lowest BCUT2D eigenvalue weighted by molar-refractivity contribution is 0.405. The molecule has 2 atom stereocenters. The van der Waals surface area contributed by atoms with Crippen LogP contribution in [0.2, 0.25) is 0 Å². The van der Waals surface area contributed by atoms with Gasteiger partial charge in [-0.15, -0.1) is 0 Å². The highest BCUT2D eigenvalue weighted by atomic mass is 32.2. The number of para-hydroxylation sites is 1. The van der Waals surface area contributed by atoms with E-state index in [4.69, 9.17) is 0 Å².